The lowest BCUT2D eigenvalue weighted by Gasteiger charge is -2.43. The van der Waals surface area contributed by atoms with Crippen LogP contribution in [0.5, 0.6) is 0 Å². The average molecular weight is 345 g/mol. The van der Waals surface area contributed by atoms with Gasteiger partial charge in [0.15, 0.2) is 0 Å². The number of carbonyl (C=O) groups is 1. The van der Waals surface area contributed by atoms with Crippen molar-refractivity contribution in [2.45, 2.75) is 38.3 Å². The van der Waals surface area contributed by atoms with E-state index in [1.165, 1.54) is 11.1 Å². The molecule has 5 nitrogen and oxygen atoms in total. The highest BCUT2D eigenvalue weighted by molar-refractivity contribution is 5.85. The van der Waals surface area contributed by atoms with Gasteiger partial charge in [-0.15, -0.1) is 0 Å². The molecule has 1 fully saturated rings. The largest absolute Gasteiger partial charge is 0.383 e. The third-order valence-electron chi connectivity index (χ3n) is 5.51. The monoisotopic (exact) mass is 345 g/mol. The van der Waals surface area contributed by atoms with Crippen LogP contribution in [0.4, 0.5) is 0 Å². The minimum atomic E-state index is -0.0437. The molecule has 25 heavy (non-hydrogen) atoms. The third-order valence-corrected chi connectivity index (χ3v) is 5.51. The molecule has 2 unspecified atom stereocenters. The van der Waals surface area contributed by atoms with Gasteiger partial charge in [0.25, 0.3) is 0 Å². The number of benzene rings is 1. The molecule has 1 saturated heterocycles. The number of methoxy groups -OCH3 is 1. The van der Waals surface area contributed by atoms with Crippen molar-refractivity contribution in [1.29, 1.82) is 0 Å². The maximum atomic E-state index is 13.2. The highest BCUT2D eigenvalue weighted by Gasteiger charge is 2.34. The molecule has 2 aliphatic heterocycles. The molecular formula is C20H31N3O2. The van der Waals surface area contributed by atoms with E-state index < -0.39 is 0 Å². The van der Waals surface area contributed by atoms with Gasteiger partial charge in [0.2, 0.25) is 5.91 Å². The molecule has 0 bridgehead atoms. The first-order valence-electron chi connectivity index (χ1n) is 9.54. The second-order valence-corrected chi connectivity index (χ2v) is 7.14. The zero-order chi connectivity index (χ0) is 17.6. The van der Waals surface area contributed by atoms with Gasteiger partial charge in [0.1, 0.15) is 0 Å². The van der Waals surface area contributed by atoms with Crippen molar-refractivity contribution in [3.05, 3.63) is 35.4 Å². The highest BCUT2D eigenvalue weighted by Crippen LogP contribution is 2.27. The highest BCUT2D eigenvalue weighted by atomic mass is 16.5. The van der Waals surface area contributed by atoms with Crippen LogP contribution in [-0.2, 0) is 16.1 Å². The Labute approximate surface area is 151 Å². The number of carbonyl (C=O) groups excluding carboxylic acids is 1. The maximum absolute atomic E-state index is 13.2. The summed E-state index contributed by atoms with van der Waals surface area (Å²) in [6.07, 6.45) is 2.27. The van der Waals surface area contributed by atoms with Gasteiger partial charge in [-0.1, -0.05) is 37.6 Å². The summed E-state index contributed by atoms with van der Waals surface area (Å²) in [7, 11) is 1.75. The van der Waals surface area contributed by atoms with E-state index in [-0.39, 0.29) is 11.8 Å². The fourth-order valence-corrected chi connectivity index (χ4v) is 4.14. The fourth-order valence-electron chi connectivity index (χ4n) is 4.14. The molecule has 1 amide bonds. The van der Waals surface area contributed by atoms with Crippen LogP contribution in [0.15, 0.2) is 24.3 Å². The summed E-state index contributed by atoms with van der Waals surface area (Å²) in [5, 5.41) is 3.41. The van der Waals surface area contributed by atoms with Crippen molar-refractivity contribution in [3.63, 3.8) is 0 Å². The lowest BCUT2D eigenvalue weighted by molar-refractivity contribution is -0.136. The van der Waals surface area contributed by atoms with Crippen molar-refractivity contribution in [2.75, 3.05) is 46.4 Å². The first-order chi connectivity index (χ1) is 12.2. The summed E-state index contributed by atoms with van der Waals surface area (Å²) in [4.78, 5) is 17.8. The number of amides is 1. The van der Waals surface area contributed by atoms with E-state index in [0.717, 1.165) is 58.7 Å². The first kappa shape index (κ1) is 18.4. The van der Waals surface area contributed by atoms with Crippen molar-refractivity contribution in [1.82, 2.24) is 15.1 Å². The zero-order valence-corrected chi connectivity index (χ0v) is 15.5. The first-order valence-corrected chi connectivity index (χ1v) is 9.54. The SMILES string of the molecule is CCCC1CN(C(=O)C2CNCc3ccccc32)CCN1CCOC. The van der Waals surface area contributed by atoms with Crippen molar-refractivity contribution in [3.8, 4) is 0 Å². The molecule has 2 atom stereocenters. The van der Waals surface area contributed by atoms with Crippen LogP contribution in [0, 0.1) is 0 Å². The molecule has 1 aromatic carbocycles. The maximum Gasteiger partial charge on any atom is 0.231 e. The fraction of sp³-hybridized carbons (Fsp3) is 0.650. The van der Waals surface area contributed by atoms with Gasteiger partial charge < -0.3 is 15.0 Å². The van der Waals surface area contributed by atoms with Gasteiger partial charge in [0.05, 0.1) is 12.5 Å². The van der Waals surface area contributed by atoms with Crippen molar-refractivity contribution in [2.24, 2.45) is 0 Å². The predicted molar refractivity (Wildman–Crippen MR) is 99.6 cm³/mol. The van der Waals surface area contributed by atoms with Gasteiger partial charge in [0, 0.05) is 52.4 Å². The Bertz CT molecular complexity index is 578. The Morgan fingerprint density at radius 2 is 2.16 bits per heavy atom. The summed E-state index contributed by atoms with van der Waals surface area (Å²) in [6.45, 7) is 8.15. The van der Waals surface area contributed by atoms with Crippen LogP contribution in [0.25, 0.3) is 0 Å². The van der Waals surface area contributed by atoms with Crippen molar-refractivity contribution >= 4 is 5.91 Å². The van der Waals surface area contributed by atoms with Crippen LogP contribution in [0.3, 0.4) is 0 Å². The molecule has 0 aromatic heterocycles. The molecule has 1 aromatic rings. The second kappa shape index (κ2) is 8.79. The molecule has 0 spiro atoms. The lowest BCUT2D eigenvalue weighted by Crippen LogP contribution is -2.56. The minimum absolute atomic E-state index is 0.0437. The van der Waals surface area contributed by atoms with Crippen LogP contribution in [0.1, 0.15) is 36.8 Å². The number of nitrogens with one attached hydrogen (secondary N) is 1. The topological polar surface area (TPSA) is 44.8 Å². The van der Waals surface area contributed by atoms with Gasteiger partial charge in [-0.2, -0.15) is 0 Å². The van der Waals surface area contributed by atoms with Gasteiger partial charge in [-0.05, 0) is 17.5 Å². The molecule has 0 radical (unpaired) electrons. The van der Waals surface area contributed by atoms with E-state index in [9.17, 15) is 4.79 Å². The Morgan fingerprint density at radius 1 is 1.32 bits per heavy atom. The number of piperazine rings is 1. The molecule has 5 heteroatoms. The average Bonchev–Trinajstić information content (AvgIpc) is 2.66. The van der Waals surface area contributed by atoms with Gasteiger partial charge in [-0.25, -0.2) is 0 Å². The Hall–Kier alpha value is -1.43. The minimum Gasteiger partial charge on any atom is -0.383 e. The number of hydrogen-bond acceptors (Lipinski definition) is 4. The van der Waals surface area contributed by atoms with E-state index in [0.29, 0.717) is 6.04 Å². The summed E-state index contributed by atoms with van der Waals surface area (Å²) >= 11 is 0. The molecule has 3 rings (SSSR count). The lowest BCUT2D eigenvalue weighted by atomic mass is 9.89. The van der Waals surface area contributed by atoms with E-state index in [1.54, 1.807) is 7.11 Å². The van der Waals surface area contributed by atoms with Crippen LogP contribution in [0.2, 0.25) is 0 Å². The molecule has 2 heterocycles. The predicted octanol–water partition coefficient (Wildman–Crippen LogP) is 1.83. The van der Waals surface area contributed by atoms with E-state index >= 15 is 0 Å². The van der Waals surface area contributed by atoms with Crippen LogP contribution in [-0.4, -0.2) is 68.2 Å². The number of hydrogen-bond donors (Lipinski definition) is 1. The number of ether oxygens (including phenoxy) is 1. The van der Waals surface area contributed by atoms with E-state index in [2.05, 4.69) is 40.2 Å². The Morgan fingerprint density at radius 3 is 2.96 bits per heavy atom. The molecule has 1 N–H and O–H groups in total. The summed E-state index contributed by atoms with van der Waals surface area (Å²) in [5.74, 6) is 0.241. The molecule has 0 aliphatic carbocycles. The Balaban J connectivity index is 1.69. The summed E-state index contributed by atoms with van der Waals surface area (Å²) in [6, 6.07) is 8.80. The molecule has 2 aliphatic rings. The van der Waals surface area contributed by atoms with Crippen molar-refractivity contribution < 1.29 is 9.53 Å². The zero-order valence-electron chi connectivity index (χ0n) is 15.5. The number of nitrogens with zero attached hydrogens (tertiary/aromatic N) is 2. The van der Waals surface area contributed by atoms with Crippen LogP contribution < -0.4 is 5.32 Å². The van der Waals surface area contributed by atoms with E-state index in [4.69, 9.17) is 4.74 Å². The summed E-state index contributed by atoms with van der Waals surface area (Å²) in [5.41, 5.74) is 2.47. The van der Waals surface area contributed by atoms with E-state index in [1.807, 2.05) is 6.07 Å². The normalized spacial score (nSPS) is 24.2. The quantitative estimate of drug-likeness (QED) is 0.854. The Kier molecular flexibility index (Phi) is 6.45. The number of rotatable bonds is 6. The molecule has 138 valence electrons. The third kappa shape index (κ3) is 4.22. The smallest absolute Gasteiger partial charge is 0.231 e. The van der Waals surface area contributed by atoms with Gasteiger partial charge >= 0.3 is 0 Å². The number of fused-ring (bicyclic) bond motifs is 1. The summed E-state index contributed by atoms with van der Waals surface area (Å²) < 4.78 is 5.25. The van der Waals surface area contributed by atoms with Gasteiger partial charge in [-0.3, -0.25) is 9.69 Å². The standard InChI is InChI=1S/C20H31N3O2/c1-3-6-17-15-23(10-9-22(17)11-12-25-2)20(24)19-14-21-13-16-7-4-5-8-18(16)19/h4-5,7-8,17,19,21H,3,6,9-15H2,1-2H3. The molecule has 0 saturated carbocycles. The van der Waals surface area contributed by atoms with Crippen LogP contribution >= 0.6 is 0 Å². The second-order valence-electron chi connectivity index (χ2n) is 7.14. The molecular weight excluding hydrogens is 314 g/mol.